The molecule has 144 valence electrons. The average molecular weight is 378 g/mol. The molecule has 5 rings (SSSR count). The molecule has 0 radical (unpaired) electrons. The standard InChI is InChI=1S/C20H22N6O2/c1-13-3-2-8-25(10-13)20(27)16-11-26(12-22-16)17-7-6-15(9-21-17)19-23-18(24-28-19)14-4-5-14/h6-7,9,11-14H,2-5,8,10H2,1H3/t13-/m1/s1. The number of carbonyl (C=O) groups is 1. The molecule has 2 fully saturated rings. The maximum Gasteiger partial charge on any atom is 0.274 e. The number of piperidine rings is 1. The fourth-order valence-electron chi connectivity index (χ4n) is 3.62. The number of rotatable bonds is 4. The summed E-state index contributed by atoms with van der Waals surface area (Å²) in [6.45, 7) is 3.78. The van der Waals surface area contributed by atoms with Crippen molar-refractivity contribution in [3.05, 3.63) is 42.4 Å². The third-order valence-corrected chi connectivity index (χ3v) is 5.39. The van der Waals surface area contributed by atoms with E-state index < -0.39 is 0 Å². The Bertz CT molecular complexity index is 988. The minimum absolute atomic E-state index is 0.0135. The lowest BCUT2D eigenvalue weighted by molar-refractivity contribution is 0.0677. The normalized spacial score (nSPS) is 19.8. The van der Waals surface area contributed by atoms with Crippen LogP contribution in [0.5, 0.6) is 0 Å². The van der Waals surface area contributed by atoms with Crippen molar-refractivity contribution in [2.75, 3.05) is 13.1 Å². The summed E-state index contributed by atoms with van der Waals surface area (Å²) in [4.78, 5) is 27.8. The first kappa shape index (κ1) is 17.1. The van der Waals surface area contributed by atoms with E-state index in [4.69, 9.17) is 4.52 Å². The molecular weight excluding hydrogens is 356 g/mol. The zero-order valence-electron chi connectivity index (χ0n) is 15.8. The lowest BCUT2D eigenvalue weighted by Gasteiger charge is -2.30. The second-order valence-electron chi connectivity index (χ2n) is 7.80. The fourth-order valence-corrected chi connectivity index (χ4v) is 3.62. The van der Waals surface area contributed by atoms with E-state index >= 15 is 0 Å². The van der Waals surface area contributed by atoms with Crippen LogP contribution in [0.2, 0.25) is 0 Å². The van der Waals surface area contributed by atoms with Gasteiger partial charge in [0.2, 0.25) is 0 Å². The van der Waals surface area contributed by atoms with Gasteiger partial charge in [0.05, 0.1) is 5.56 Å². The molecule has 1 saturated heterocycles. The molecule has 1 aliphatic carbocycles. The summed E-state index contributed by atoms with van der Waals surface area (Å²) in [5.74, 6) is 2.93. The molecule has 1 aliphatic heterocycles. The number of pyridine rings is 1. The first-order chi connectivity index (χ1) is 13.7. The maximum absolute atomic E-state index is 12.7. The van der Waals surface area contributed by atoms with Crippen LogP contribution < -0.4 is 0 Å². The number of imidazole rings is 1. The molecular formula is C20H22N6O2. The van der Waals surface area contributed by atoms with Gasteiger partial charge < -0.3 is 9.42 Å². The molecule has 1 saturated carbocycles. The molecule has 0 N–H and O–H groups in total. The van der Waals surface area contributed by atoms with E-state index in [9.17, 15) is 4.79 Å². The number of hydrogen-bond donors (Lipinski definition) is 0. The molecule has 0 bridgehead atoms. The topological polar surface area (TPSA) is 89.9 Å². The van der Waals surface area contributed by atoms with Crippen LogP contribution in [0, 0.1) is 5.92 Å². The van der Waals surface area contributed by atoms with E-state index in [0.717, 1.165) is 43.7 Å². The number of nitrogens with zero attached hydrogens (tertiary/aromatic N) is 6. The van der Waals surface area contributed by atoms with Crippen molar-refractivity contribution in [3.8, 4) is 17.3 Å². The zero-order valence-corrected chi connectivity index (χ0v) is 15.8. The summed E-state index contributed by atoms with van der Waals surface area (Å²) in [7, 11) is 0. The van der Waals surface area contributed by atoms with Crippen LogP contribution >= 0.6 is 0 Å². The van der Waals surface area contributed by atoms with Gasteiger partial charge in [0.1, 0.15) is 17.8 Å². The quantitative estimate of drug-likeness (QED) is 0.693. The van der Waals surface area contributed by atoms with Gasteiger partial charge in [0.15, 0.2) is 5.82 Å². The number of hydrogen-bond acceptors (Lipinski definition) is 6. The second-order valence-corrected chi connectivity index (χ2v) is 7.80. The first-order valence-electron chi connectivity index (χ1n) is 9.81. The predicted molar refractivity (Wildman–Crippen MR) is 101 cm³/mol. The van der Waals surface area contributed by atoms with Gasteiger partial charge in [-0.1, -0.05) is 12.1 Å². The summed E-state index contributed by atoms with van der Waals surface area (Å²) in [5, 5.41) is 4.04. The third-order valence-electron chi connectivity index (χ3n) is 5.39. The van der Waals surface area contributed by atoms with E-state index in [2.05, 4.69) is 27.0 Å². The average Bonchev–Trinajstić information content (AvgIpc) is 3.25. The molecule has 0 aromatic carbocycles. The Balaban J connectivity index is 1.31. The van der Waals surface area contributed by atoms with Crippen LogP contribution in [-0.4, -0.2) is 48.6 Å². The molecule has 8 nitrogen and oxygen atoms in total. The van der Waals surface area contributed by atoms with Gasteiger partial charge in [-0.15, -0.1) is 0 Å². The highest BCUT2D eigenvalue weighted by Gasteiger charge is 2.29. The molecule has 1 amide bonds. The molecule has 28 heavy (non-hydrogen) atoms. The van der Waals surface area contributed by atoms with E-state index in [1.165, 1.54) is 6.42 Å². The van der Waals surface area contributed by atoms with Crippen molar-refractivity contribution in [2.45, 2.75) is 38.5 Å². The Morgan fingerprint density at radius 1 is 1.21 bits per heavy atom. The Labute approximate surface area is 162 Å². The Hall–Kier alpha value is -3.03. The maximum atomic E-state index is 12.7. The molecule has 0 spiro atoms. The van der Waals surface area contributed by atoms with Crippen molar-refractivity contribution < 1.29 is 9.32 Å². The molecule has 3 aromatic heterocycles. The number of likely N-dealkylation sites (tertiary alicyclic amines) is 1. The van der Waals surface area contributed by atoms with Gasteiger partial charge in [0, 0.05) is 31.4 Å². The van der Waals surface area contributed by atoms with Crippen molar-refractivity contribution in [3.63, 3.8) is 0 Å². The highest BCUT2D eigenvalue weighted by Crippen LogP contribution is 2.38. The SMILES string of the molecule is C[C@@H]1CCCN(C(=O)c2cn(-c3ccc(-c4nc(C5CC5)no4)cn3)cn2)C1. The zero-order chi connectivity index (χ0) is 19.1. The summed E-state index contributed by atoms with van der Waals surface area (Å²) in [6, 6.07) is 3.75. The summed E-state index contributed by atoms with van der Waals surface area (Å²) in [6.07, 6.45) is 9.56. The second kappa shape index (κ2) is 6.85. The summed E-state index contributed by atoms with van der Waals surface area (Å²) < 4.78 is 7.10. The lowest BCUT2D eigenvalue weighted by atomic mass is 10.0. The Morgan fingerprint density at radius 2 is 2.11 bits per heavy atom. The molecule has 4 heterocycles. The smallest absolute Gasteiger partial charge is 0.274 e. The van der Waals surface area contributed by atoms with Gasteiger partial charge >= 0.3 is 0 Å². The minimum atomic E-state index is -0.0135. The first-order valence-corrected chi connectivity index (χ1v) is 9.81. The van der Waals surface area contributed by atoms with E-state index in [0.29, 0.717) is 29.2 Å². The number of amides is 1. The van der Waals surface area contributed by atoms with Crippen LogP contribution in [0.15, 0.2) is 35.4 Å². The molecule has 8 heteroatoms. The van der Waals surface area contributed by atoms with Crippen LogP contribution in [-0.2, 0) is 0 Å². The fraction of sp³-hybridized carbons (Fsp3) is 0.450. The largest absolute Gasteiger partial charge is 0.337 e. The van der Waals surface area contributed by atoms with Crippen molar-refractivity contribution >= 4 is 5.91 Å². The Morgan fingerprint density at radius 3 is 2.86 bits per heavy atom. The van der Waals surface area contributed by atoms with E-state index in [1.54, 1.807) is 23.3 Å². The van der Waals surface area contributed by atoms with Gasteiger partial charge in [-0.3, -0.25) is 9.36 Å². The molecule has 2 aliphatic rings. The van der Waals surface area contributed by atoms with Crippen LogP contribution in [0.1, 0.15) is 54.8 Å². The van der Waals surface area contributed by atoms with Crippen molar-refractivity contribution in [1.29, 1.82) is 0 Å². The van der Waals surface area contributed by atoms with Crippen LogP contribution in [0.4, 0.5) is 0 Å². The lowest BCUT2D eigenvalue weighted by Crippen LogP contribution is -2.39. The van der Waals surface area contributed by atoms with E-state index in [-0.39, 0.29) is 5.91 Å². The van der Waals surface area contributed by atoms with Gasteiger partial charge in [0.25, 0.3) is 11.8 Å². The van der Waals surface area contributed by atoms with Crippen molar-refractivity contribution in [2.24, 2.45) is 5.92 Å². The van der Waals surface area contributed by atoms with E-state index in [1.807, 2.05) is 17.0 Å². The third kappa shape index (κ3) is 3.30. The number of carbonyl (C=O) groups excluding carboxylic acids is 1. The summed E-state index contributed by atoms with van der Waals surface area (Å²) in [5.41, 5.74) is 1.23. The van der Waals surface area contributed by atoms with Gasteiger partial charge in [-0.25, -0.2) is 9.97 Å². The van der Waals surface area contributed by atoms with Gasteiger partial charge in [-0.2, -0.15) is 4.98 Å². The highest BCUT2D eigenvalue weighted by atomic mass is 16.5. The number of aromatic nitrogens is 5. The minimum Gasteiger partial charge on any atom is -0.337 e. The Kier molecular flexibility index (Phi) is 4.18. The predicted octanol–water partition coefficient (Wildman–Crippen LogP) is 3.07. The van der Waals surface area contributed by atoms with Crippen LogP contribution in [0.3, 0.4) is 0 Å². The monoisotopic (exact) mass is 378 g/mol. The van der Waals surface area contributed by atoms with Gasteiger partial charge in [-0.05, 0) is 43.7 Å². The molecule has 0 unspecified atom stereocenters. The highest BCUT2D eigenvalue weighted by molar-refractivity contribution is 5.92. The van der Waals surface area contributed by atoms with Crippen LogP contribution in [0.25, 0.3) is 17.3 Å². The summed E-state index contributed by atoms with van der Waals surface area (Å²) >= 11 is 0. The molecule has 1 atom stereocenters. The molecule has 3 aromatic rings. The van der Waals surface area contributed by atoms with Crippen molar-refractivity contribution in [1.82, 2.24) is 29.6 Å².